The van der Waals surface area contributed by atoms with Crippen LogP contribution in [0.15, 0.2) is 12.2 Å². The summed E-state index contributed by atoms with van der Waals surface area (Å²) < 4.78 is 0. The Balaban J connectivity index is -0.00000176. The second-order valence-electron chi connectivity index (χ2n) is 7.15. The molecule has 0 aromatic rings. The highest BCUT2D eigenvalue weighted by molar-refractivity contribution is 5.66. The minimum Gasteiger partial charge on any atom is -0.481 e. The summed E-state index contributed by atoms with van der Waals surface area (Å²) in [7, 11) is 0. The van der Waals surface area contributed by atoms with E-state index in [0.29, 0.717) is 12.3 Å². The number of carboxylic acids is 1. The van der Waals surface area contributed by atoms with Crippen LogP contribution >= 0.6 is 0 Å². The van der Waals surface area contributed by atoms with Crippen LogP contribution in [0.1, 0.15) is 113 Å². The minimum absolute atomic E-state index is 0. The summed E-state index contributed by atoms with van der Waals surface area (Å²) >= 11 is 0. The van der Waals surface area contributed by atoms with Gasteiger partial charge in [0.05, 0.1) is 6.10 Å². The first kappa shape index (κ1) is 29.9. The smallest absolute Gasteiger partial charge is 0.303 e. The zero-order valence-electron chi connectivity index (χ0n) is 14.9. The van der Waals surface area contributed by atoms with Gasteiger partial charge in [-0.15, -0.1) is 0 Å². The first-order chi connectivity index (χ1) is 11.1. The monoisotopic (exact) mass is 372 g/mol. The molecule has 3 atom stereocenters. The molecule has 1 aliphatic carbocycles. The van der Waals surface area contributed by atoms with E-state index in [1.54, 1.807) is 0 Å². The maximum absolute atomic E-state index is 10.5. The van der Waals surface area contributed by atoms with E-state index >= 15 is 0 Å². The van der Waals surface area contributed by atoms with Crippen molar-refractivity contribution in [2.24, 2.45) is 11.8 Å². The van der Waals surface area contributed by atoms with E-state index in [1.807, 2.05) is 6.08 Å². The second kappa shape index (κ2) is 18.9. The first-order valence-electron chi connectivity index (χ1n) is 9.71. The Hall–Kier alpha value is -0.830. The topological polar surface area (TPSA) is 57.5 Å². The molecule has 3 heteroatoms. The number of hydrogen-bond acceptors (Lipinski definition) is 2. The molecule has 0 aromatic carbocycles. The molecule has 0 heterocycles. The van der Waals surface area contributed by atoms with Crippen molar-refractivity contribution in [3.63, 3.8) is 0 Å². The summed E-state index contributed by atoms with van der Waals surface area (Å²) in [6.45, 7) is 2.19. The largest absolute Gasteiger partial charge is 0.481 e. The number of unbranched alkanes of at least 4 members (excludes halogenated alkanes) is 5. The van der Waals surface area contributed by atoms with Crippen molar-refractivity contribution in [3.05, 3.63) is 12.2 Å². The molecule has 0 bridgehead atoms. The lowest BCUT2D eigenvalue weighted by molar-refractivity contribution is -0.137. The molecule has 158 valence electrons. The molecule has 0 spiro atoms. The predicted molar refractivity (Wildman–Crippen MR) is 116 cm³/mol. The number of carbonyl (C=O) groups is 1. The van der Waals surface area contributed by atoms with E-state index in [1.165, 1.54) is 44.9 Å². The zero-order valence-corrected chi connectivity index (χ0v) is 14.9. The van der Waals surface area contributed by atoms with Crippen LogP contribution in [0.25, 0.3) is 0 Å². The average Bonchev–Trinajstić information content (AvgIpc) is 2.96. The maximum Gasteiger partial charge on any atom is 0.303 e. The van der Waals surface area contributed by atoms with Gasteiger partial charge in [-0.1, -0.05) is 86.3 Å². The Morgan fingerprint density at radius 1 is 1.04 bits per heavy atom. The van der Waals surface area contributed by atoms with E-state index in [0.717, 1.165) is 38.0 Å². The van der Waals surface area contributed by atoms with E-state index in [4.69, 9.17) is 5.11 Å². The molecule has 1 fully saturated rings. The highest BCUT2D eigenvalue weighted by Crippen LogP contribution is 2.36. The number of aliphatic hydroxyl groups excluding tert-OH is 1. The van der Waals surface area contributed by atoms with Crippen molar-refractivity contribution < 1.29 is 15.0 Å². The molecule has 2 N–H and O–H groups in total. The fourth-order valence-corrected chi connectivity index (χ4v) is 3.68. The lowest BCUT2D eigenvalue weighted by Crippen LogP contribution is -2.08. The van der Waals surface area contributed by atoms with Gasteiger partial charge in [-0.2, -0.15) is 0 Å². The average molecular weight is 373 g/mol. The third-order valence-electron chi connectivity index (χ3n) is 5.12. The Morgan fingerprint density at radius 3 is 2.38 bits per heavy atom. The lowest BCUT2D eigenvalue weighted by Gasteiger charge is -2.16. The van der Waals surface area contributed by atoms with Crippen LogP contribution in [0.5, 0.6) is 0 Å². The number of aliphatic hydroxyl groups is 1. The third kappa shape index (κ3) is 14.4. The molecule has 3 nitrogen and oxygen atoms in total. The van der Waals surface area contributed by atoms with Crippen LogP contribution in [-0.2, 0) is 4.79 Å². The number of carboxylic acid groups (broad SMARTS) is 1. The van der Waals surface area contributed by atoms with Gasteiger partial charge in [-0.05, 0) is 43.9 Å². The molecule has 0 amide bonds. The molecule has 26 heavy (non-hydrogen) atoms. The van der Waals surface area contributed by atoms with Crippen molar-refractivity contribution in [3.8, 4) is 0 Å². The zero-order chi connectivity index (χ0) is 16.9. The normalized spacial score (nSPS) is 20.1. The Morgan fingerprint density at radius 2 is 1.73 bits per heavy atom. The molecule has 1 unspecified atom stereocenters. The van der Waals surface area contributed by atoms with Gasteiger partial charge in [-0.25, -0.2) is 0 Å². The van der Waals surface area contributed by atoms with E-state index in [9.17, 15) is 9.90 Å². The van der Waals surface area contributed by atoms with Crippen LogP contribution in [0, 0.1) is 11.8 Å². The van der Waals surface area contributed by atoms with Crippen molar-refractivity contribution in [1.29, 1.82) is 0 Å². The Bertz CT molecular complexity index is 338. The van der Waals surface area contributed by atoms with Gasteiger partial charge >= 0.3 is 5.97 Å². The molecule has 1 saturated carbocycles. The van der Waals surface area contributed by atoms with Crippen LogP contribution in [0.2, 0.25) is 0 Å². The van der Waals surface area contributed by atoms with Gasteiger partial charge in [0.1, 0.15) is 0 Å². The molecular weight excluding hydrogens is 324 g/mol. The van der Waals surface area contributed by atoms with Gasteiger partial charge in [0, 0.05) is 6.42 Å². The number of rotatable bonds is 13. The van der Waals surface area contributed by atoms with E-state index in [-0.39, 0.29) is 28.4 Å². The molecule has 0 aromatic heterocycles. The summed E-state index contributed by atoms with van der Waals surface area (Å²) in [5.74, 6) is 0.742. The molecule has 0 saturated heterocycles. The van der Waals surface area contributed by atoms with Gasteiger partial charge in [-0.3, -0.25) is 4.79 Å². The van der Waals surface area contributed by atoms with Crippen molar-refractivity contribution in [2.75, 3.05) is 0 Å². The number of allylic oxidation sites excluding steroid dienone is 1. The van der Waals surface area contributed by atoms with Gasteiger partial charge < -0.3 is 10.2 Å². The van der Waals surface area contributed by atoms with Crippen molar-refractivity contribution in [2.45, 2.75) is 119 Å². The van der Waals surface area contributed by atoms with Crippen LogP contribution in [-0.4, -0.2) is 22.3 Å². The molecular formula is C23H48O3. The highest BCUT2D eigenvalue weighted by Gasteiger charge is 2.24. The van der Waals surface area contributed by atoms with Gasteiger partial charge in [0.15, 0.2) is 0 Å². The Labute approximate surface area is 164 Å². The van der Waals surface area contributed by atoms with E-state index < -0.39 is 5.97 Å². The maximum atomic E-state index is 10.5. The molecule has 1 rings (SSSR count). The van der Waals surface area contributed by atoms with E-state index in [2.05, 4.69) is 13.0 Å². The predicted octanol–water partition coefficient (Wildman–Crippen LogP) is 7.23. The summed E-state index contributed by atoms with van der Waals surface area (Å²) in [6, 6.07) is 0. The minimum atomic E-state index is -0.677. The Kier molecular flexibility index (Phi) is 21.8. The third-order valence-corrected chi connectivity index (χ3v) is 5.12. The fraction of sp³-hybridized carbons (Fsp3) is 0.870. The summed E-state index contributed by atoms with van der Waals surface area (Å²) in [5, 5.41) is 18.6. The SMILES string of the molecule is C.C.C.CCCCC[C@H](O)/C=C/[C@H]1CCCC1CCCCCCC(=O)O. The number of hydrogen-bond donors (Lipinski definition) is 2. The summed E-state index contributed by atoms with van der Waals surface area (Å²) in [6.07, 6.45) is 18.1. The van der Waals surface area contributed by atoms with Crippen molar-refractivity contribution in [1.82, 2.24) is 0 Å². The van der Waals surface area contributed by atoms with Crippen LogP contribution in [0.4, 0.5) is 0 Å². The molecule has 0 aliphatic heterocycles. The first-order valence-corrected chi connectivity index (χ1v) is 9.71. The van der Waals surface area contributed by atoms with Crippen molar-refractivity contribution >= 4 is 5.97 Å². The standard InChI is InChI=1S/C20H36O3.3CH4/c1-2-3-6-13-19(21)16-15-18-12-9-11-17(18)10-7-4-5-8-14-20(22)23;;;/h15-19,21H,2-14H2,1H3,(H,22,23);3*1H4/b16-15+;;;/t17?,18-,19+;;;/m1.../s1. The fourth-order valence-electron chi connectivity index (χ4n) is 3.68. The highest BCUT2D eigenvalue weighted by atomic mass is 16.4. The summed E-state index contributed by atoms with van der Waals surface area (Å²) in [5.41, 5.74) is 0. The second-order valence-corrected chi connectivity index (χ2v) is 7.15. The number of aliphatic carboxylic acids is 1. The summed E-state index contributed by atoms with van der Waals surface area (Å²) in [4.78, 5) is 10.5. The lowest BCUT2D eigenvalue weighted by atomic mass is 9.89. The molecule has 1 aliphatic rings. The van der Waals surface area contributed by atoms with Crippen LogP contribution in [0.3, 0.4) is 0 Å². The van der Waals surface area contributed by atoms with Crippen LogP contribution < -0.4 is 0 Å². The molecule has 0 radical (unpaired) electrons. The van der Waals surface area contributed by atoms with Gasteiger partial charge in [0.25, 0.3) is 0 Å². The van der Waals surface area contributed by atoms with Gasteiger partial charge in [0.2, 0.25) is 0 Å². The quantitative estimate of drug-likeness (QED) is 0.265.